The molecule has 0 aliphatic heterocycles. The Morgan fingerprint density at radius 1 is 1.67 bits per heavy atom. The zero-order valence-electron chi connectivity index (χ0n) is 4.92. The minimum absolute atomic E-state index is 0.748. The number of rotatable bonds is 2. The van der Waals surface area contributed by atoms with Crippen molar-refractivity contribution in [1.82, 2.24) is 0 Å². The lowest BCUT2D eigenvalue weighted by Gasteiger charge is -2.18. The molecule has 0 saturated heterocycles. The van der Waals surface area contributed by atoms with Gasteiger partial charge in [0.2, 0.25) is 0 Å². The van der Waals surface area contributed by atoms with Crippen LogP contribution in [0.15, 0.2) is 12.2 Å². The first-order valence-electron chi connectivity index (χ1n) is 2.21. The van der Waals surface area contributed by atoms with Gasteiger partial charge in [-0.25, -0.2) is 0 Å². The van der Waals surface area contributed by atoms with Crippen molar-refractivity contribution in [2.75, 3.05) is 0 Å². The van der Waals surface area contributed by atoms with Crippen LogP contribution in [-0.4, -0.2) is 22.0 Å². The van der Waals surface area contributed by atoms with E-state index >= 15 is 0 Å². The number of carboxylic acids is 1. The molecule has 0 spiro atoms. The van der Waals surface area contributed by atoms with Crippen LogP contribution in [0.3, 0.4) is 0 Å². The molecule has 0 aromatic rings. The zero-order valence-corrected chi connectivity index (χ0v) is 4.92. The molecule has 0 fully saturated rings. The first-order valence-corrected chi connectivity index (χ1v) is 2.21. The second-order valence-corrected chi connectivity index (χ2v) is 1.79. The predicted molar refractivity (Wildman–Crippen MR) is 27.0 cm³/mol. The lowest BCUT2D eigenvalue weighted by atomic mass is 10.1. The Balaban J connectivity index is 4.23. The van der Waals surface area contributed by atoms with Crippen molar-refractivity contribution in [3.05, 3.63) is 12.2 Å². The highest BCUT2D eigenvalue weighted by atomic mass is 16.5. The van der Waals surface area contributed by atoms with Gasteiger partial charge in [-0.2, -0.15) is 0 Å². The van der Waals surface area contributed by atoms with Crippen LogP contribution in [0.1, 0.15) is 6.92 Å². The van der Waals surface area contributed by atoms with Gasteiger partial charge >= 0.3 is 0 Å². The Morgan fingerprint density at radius 2 is 2.00 bits per heavy atom. The number of hydrogen-bond acceptors (Lipinski definition) is 4. The molecule has 2 N–H and O–H groups in total. The number of aliphatic hydroxyl groups is 2. The fourth-order valence-electron chi connectivity index (χ4n) is 0.193. The van der Waals surface area contributed by atoms with Crippen LogP contribution >= 0.6 is 0 Å². The van der Waals surface area contributed by atoms with Gasteiger partial charge in [-0.1, -0.05) is 6.58 Å². The highest BCUT2D eigenvalue weighted by Gasteiger charge is 2.19. The van der Waals surface area contributed by atoms with Crippen LogP contribution in [0, 0.1) is 0 Å². The van der Waals surface area contributed by atoms with Gasteiger partial charge in [0.05, 0.1) is 5.97 Å². The molecule has 0 bridgehead atoms. The Kier molecular flexibility index (Phi) is 1.95. The van der Waals surface area contributed by atoms with Gasteiger partial charge in [0, 0.05) is 5.57 Å². The van der Waals surface area contributed by atoms with Gasteiger partial charge in [-0.3, -0.25) is 0 Å². The van der Waals surface area contributed by atoms with Crippen LogP contribution < -0.4 is 5.11 Å². The van der Waals surface area contributed by atoms with E-state index in [0.29, 0.717) is 0 Å². The summed E-state index contributed by atoms with van der Waals surface area (Å²) < 4.78 is 0. The summed E-state index contributed by atoms with van der Waals surface area (Å²) in [5.41, 5.74) is -0.748. The quantitative estimate of drug-likeness (QED) is 0.335. The number of carbonyl (C=O) groups is 1. The third-order valence-corrected chi connectivity index (χ3v) is 0.818. The molecule has 0 aromatic carbocycles. The van der Waals surface area contributed by atoms with Gasteiger partial charge in [0.15, 0.2) is 5.79 Å². The number of carbonyl (C=O) groups excluding carboxylic acids is 1. The lowest BCUT2D eigenvalue weighted by molar-refractivity contribution is -0.303. The Morgan fingerprint density at radius 3 is 2.00 bits per heavy atom. The minimum atomic E-state index is -2.38. The molecule has 4 nitrogen and oxygen atoms in total. The molecule has 0 aliphatic rings. The Bertz CT molecular complexity index is 142. The molecule has 0 amide bonds. The molecule has 0 atom stereocenters. The molecule has 9 heavy (non-hydrogen) atoms. The lowest BCUT2D eigenvalue weighted by Crippen LogP contribution is -2.37. The summed E-state index contributed by atoms with van der Waals surface area (Å²) in [5, 5.41) is 26.8. The largest absolute Gasteiger partial charge is 0.545 e. The van der Waals surface area contributed by atoms with E-state index < -0.39 is 17.3 Å². The molecule has 0 radical (unpaired) electrons. The summed E-state index contributed by atoms with van der Waals surface area (Å²) in [7, 11) is 0. The maximum atomic E-state index is 9.82. The van der Waals surface area contributed by atoms with Crippen LogP contribution in [-0.2, 0) is 4.79 Å². The summed E-state index contributed by atoms with van der Waals surface area (Å²) in [4.78, 5) is 9.82. The first kappa shape index (κ1) is 8.13. The van der Waals surface area contributed by atoms with Gasteiger partial charge in [0.25, 0.3) is 0 Å². The summed E-state index contributed by atoms with van der Waals surface area (Å²) in [5.74, 6) is -4.04. The Hall–Kier alpha value is -0.870. The number of hydrogen-bond donors (Lipinski definition) is 2. The molecule has 0 saturated carbocycles. The van der Waals surface area contributed by atoms with E-state index in [1.54, 1.807) is 0 Å². The van der Waals surface area contributed by atoms with Crippen LogP contribution in [0.4, 0.5) is 0 Å². The summed E-state index contributed by atoms with van der Waals surface area (Å²) in [6.45, 7) is 3.76. The number of aliphatic carboxylic acids is 1. The topological polar surface area (TPSA) is 80.6 Å². The summed E-state index contributed by atoms with van der Waals surface area (Å²) in [6, 6.07) is 0. The molecule has 0 aliphatic carbocycles. The van der Waals surface area contributed by atoms with E-state index in [-0.39, 0.29) is 0 Å². The van der Waals surface area contributed by atoms with Crippen molar-refractivity contribution < 1.29 is 20.1 Å². The van der Waals surface area contributed by atoms with Gasteiger partial charge in [0.1, 0.15) is 0 Å². The highest BCUT2D eigenvalue weighted by Crippen LogP contribution is 2.07. The number of carboxylic acid groups (broad SMARTS) is 1. The molecule has 52 valence electrons. The van der Waals surface area contributed by atoms with E-state index in [1.165, 1.54) is 0 Å². The second-order valence-electron chi connectivity index (χ2n) is 1.79. The molecular weight excluding hydrogens is 124 g/mol. The SMILES string of the molecule is C=C(C(=O)[O-])C(C)(O)O. The molecular formula is C5H7O4-. The van der Waals surface area contributed by atoms with E-state index in [2.05, 4.69) is 6.58 Å². The maximum absolute atomic E-state index is 9.82. The molecule has 0 aromatic heterocycles. The maximum Gasteiger partial charge on any atom is 0.187 e. The van der Waals surface area contributed by atoms with Gasteiger partial charge < -0.3 is 20.1 Å². The van der Waals surface area contributed by atoms with Crippen molar-refractivity contribution in [1.29, 1.82) is 0 Å². The van der Waals surface area contributed by atoms with Crippen molar-refractivity contribution in [2.24, 2.45) is 0 Å². The molecule has 0 heterocycles. The minimum Gasteiger partial charge on any atom is -0.545 e. The van der Waals surface area contributed by atoms with Gasteiger partial charge in [-0.05, 0) is 6.92 Å². The molecule has 0 rings (SSSR count). The van der Waals surface area contributed by atoms with Crippen molar-refractivity contribution in [3.8, 4) is 0 Å². The molecule has 4 heteroatoms. The smallest absolute Gasteiger partial charge is 0.187 e. The highest BCUT2D eigenvalue weighted by molar-refractivity contribution is 5.85. The van der Waals surface area contributed by atoms with E-state index in [0.717, 1.165) is 6.92 Å². The van der Waals surface area contributed by atoms with Crippen molar-refractivity contribution in [2.45, 2.75) is 12.7 Å². The molecule has 0 unspecified atom stereocenters. The predicted octanol–water partition coefficient (Wildman–Crippen LogP) is -2.01. The normalized spacial score (nSPS) is 11.0. The van der Waals surface area contributed by atoms with E-state index in [9.17, 15) is 9.90 Å². The van der Waals surface area contributed by atoms with Crippen molar-refractivity contribution >= 4 is 5.97 Å². The third-order valence-electron chi connectivity index (χ3n) is 0.818. The van der Waals surface area contributed by atoms with Crippen molar-refractivity contribution in [3.63, 3.8) is 0 Å². The fourth-order valence-corrected chi connectivity index (χ4v) is 0.193. The standard InChI is InChI=1S/C5H8O4/c1-3(4(6)7)5(2,8)9/h8-9H,1H2,2H3,(H,6,7)/p-1. The van der Waals surface area contributed by atoms with Crippen LogP contribution in [0.5, 0.6) is 0 Å². The third kappa shape index (κ3) is 2.25. The van der Waals surface area contributed by atoms with Crippen LogP contribution in [0.2, 0.25) is 0 Å². The van der Waals surface area contributed by atoms with Crippen LogP contribution in [0.25, 0.3) is 0 Å². The average molecular weight is 131 g/mol. The second kappa shape index (κ2) is 2.16. The summed E-state index contributed by atoms with van der Waals surface area (Å²) in [6.07, 6.45) is 0. The zero-order chi connectivity index (χ0) is 7.65. The van der Waals surface area contributed by atoms with E-state index in [4.69, 9.17) is 10.2 Å². The fraction of sp³-hybridized carbons (Fsp3) is 0.400. The monoisotopic (exact) mass is 131 g/mol. The summed E-state index contributed by atoms with van der Waals surface area (Å²) >= 11 is 0. The first-order chi connectivity index (χ1) is 3.85. The average Bonchev–Trinajstić information content (AvgIpc) is 1.62. The van der Waals surface area contributed by atoms with E-state index in [1.807, 2.05) is 0 Å². The Labute approximate surface area is 52.1 Å². The van der Waals surface area contributed by atoms with Gasteiger partial charge in [-0.15, -0.1) is 0 Å².